The number of hydrogen-bond donors (Lipinski definition) is 9. The minimum atomic E-state index is -1.81. The Balaban J connectivity index is 1.71. The average molecular weight is 1310 g/mol. The van der Waals surface area contributed by atoms with Crippen LogP contribution in [-0.2, 0) is 23.7 Å². The number of nitrogens with one attached hydrogen (secondary N) is 1. The molecule has 0 aromatic carbocycles. The van der Waals surface area contributed by atoms with E-state index in [1.165, 1.54) is 70.6 Å². The molecule has 2 aliphatic rings. The van der Waals surface area contributed by atoms with E-state index in [2.05, 4.69) is 189 Å². The molecule has 0 aliphatic carbocycles. The van der Waals surface area contributed by atoms with Gasteiger partial charge in [0.15, 0.2) is 12.6 Å². The Morgan fingerprint density at radius 2 is 0.745 bits per heavy atom. The molecule has 12 atom stereocenters. The van der Waals surface area contributed by atoms with E-state index < -0.39 is 86.8 Å². The van der Waals surface area contributed by atoms with Crippen LogP contribution < -0.4 is 5.32 Å². The molecule has 14 nitrogen and oxygen atoms in total. The van der Waals surface area contributed by atoms with Gasteiger partial charge in [-0.1, -0.05) is 260 Å². The van der Waals surface area contributed by atoms with Gasteiger partial charge >= 0.3 is 0 Å². The molecule has 2 aliphatic heterocycles. The number of aliphatic hydroxyl groups excluding tert-OH is 8. The monoisotopic (exact) mass is 1310 g/mol. The summed E-state index contributed by atoms with van der Waals surface area (Å²) in [5.41, 5.74) is 0. The van der Waals surface area contributed by atoms with Gasteiger partial charge in [-0.15, -0.1) is 0 Å². The molecule has 530 valence electrons. The maximum atomic E-state index is 13.3. The van der Waals surface area contributed by atoms with Gasteiger partial charge in [-0.05, 0) is 135 Å². The number of amides is 1. The number of unbranched alkanes of at least 4 members (excludes halogenated alkanes) is 15. The number of aliphatic hydroxyl groups is 8. The Morgan fingerprint density at radius 1 is 0.394 bits per heavy atom. The Bertz CT molecular complexity index is 2280. The quantitative estimate of drug-likeness (QED) is 0.0204. The lowest BCUT2D eigenvalue weighted by Crippen LogP contribution is -2.65. The predicted molar refractivity (Wildman–Crippen MR) is 386 cm³/mol. The molecule has 2 rings (SSSR count). The Kier molecular flexibility index (Phi) is 55.9. The first-order chi connectivity index (χ1) is 46.1. The summed E-state index contributed by atoms with van der Waals surface area (Å²) in [5.74, 6) is -0.303. The van der Waals surface area contributed by atoms with Crippen molar-refractivity contribution < 1.29 is 64.6 Å². The van der Waals surface area contributed by atoms with Gasteiger partial charge in [-0.3, -0.25) is 4.79 Å². The number of hydrogen-bond acceptors (Lipinski definition) is 13. The summed E-state index contributed by atoms with van der Waals surface area (Å²) in [6, 6.07) is -0.977. The molecule has 0 aromatic rings. The van der Waals surface area contributed by atoms with Crippen LogP contribution in [0.25, 0.3) is 0 Å². The van der Waals surface area contributed by atoms with Crippen molar-refractivity contribution in [1.82, 2.24) is 5.32 Å². The number of carbonyl (C=O) groups is 1. The molecular weight excluding hydrogens is 1180 g/mol. The number of carbonyl (C=O) groups excluding carboxylic acids is 1. The molecular formula is C80H127NO13. The van der Waals surface area contributed by atoms with Crippen LogP contribution in [0.15, 0.2) is 182 Å². The molecule has 94 heavy (non-hydrogen) atoms. The molecule has 0 spiro atoms. The molecule has 0 bridgehead atoms. The standard InChI is InChI=1S/C80H127NO13/c1-3-5-7-9-11-13-15-17-19-21-23-25-26-27-28-29-30-31-32-33-34-35-36-37-38-39-40-41-42-44-46-48-50-52-54-56-58-60-62-64-72(85)81-68(69(84)63-61-59-57-55-53-51-49-47-45-43-24-22-20-18-16-14-12-10-8-6-4-2)67-91-79-77(90)75(88)78(71(66-83)93-79)94-80-76(89)74(87)73(86)70(65-82)92-80/h5,7,11,13,17,19,23,25,27-28,30-31,33-34,36-37,39-40,42,44-45,47-48,50,53-56,61,63,68-71,73-80,82-84,86-90H,3-4,6,8-10,12,14-16,18,20-22,24,26,29,32,35,38,41,43,46,49,51-52,57-60,62,64-67H2,1-2H3,(H,81,85)/b7-5-,13-11-,19-17-,25-23-,28-27-,31-30-,34-33-,37-36-,40-39-,44-42-,47-45+,50-48-,55-53+,56-54-,63-61+. The van der Waals surface area contributed by atoms with Crippen molar-refractivity contribution >= 4 is 5.91 Å². The summed E-state index contributed by atoms with van der Waals surface area (Å²) in [6.45, 7) is 2.62. The van der Waals surface area contributed by atoms with Crippen LogP contribution in [0.5, 0.6) is 0 Å². The third kappa shape index (κ3) is 44.8. The summed E-state index contributed by atoms with van der Waals surface area (Å²) in [6.07, 6.45) is 80.9. The van der Waals surface area contributed by atoms with Gasteiger partial charge in [0.05, 0.1) is 32.0 Å². The van der Waals surface area contributed by atoms with E-state index in [0.29, 0.717) is 12.8 Å². The lowest BCUT2D eigenvalue weighted by atomic mass is 9.97. The van der Waals surface area contributed by atoms with Gasteiger partial charge in [0.2, 0.25) is 5.91 Å². The van der Waals surface area contributed by atoms with Crippen LogP contribution in [0.4, 0.5) is 0 Å². The lowest BCUT2D eigenvalue weighted by molar-refractivity contribution is -0.359. The van der Waals surface area contributed by atoms with Gasteiger partial charge in [-0.2, -0.15) is 0 Å². The van der Waals surface area contributed by atoms with E-state index in [-0.39, 0.29) is 18.9 Å². The maximum absolute atomic E-state index is 13.3. The number of allylic oxidation sites excluding steroid dienone is 29. The fraction of sp³-hybridized carbons (Fsp3) is 0.613. The summed E-state index contributed by atoms with van der Waals surface area (Å²) >= 11 is 0. The molecule has 2 fully saturated rings. The second kappa shape index (κ2) is 61.7. The second-order valence-electron chi connectivity index (χ2n) is 24.3. The van der Waals surface area contributed by atoms with Gasteiger partial charge in [0.1, 0.15) is 48.8 Å². The number of rotatable bonds is 56. The lowest BCUT2D eigenvalue weighted by Gasteiger charge is -2.46. The highest BCUT2D eigenvalue weighted by atomic mass is 16.7. The zero-order valence-corrected chi connectivity index (χ0v) is 57.6. The van der Waals surface area contributed by atoms with Crippen LogP contribution in [-0.4, -0.2) is 140 Å². The maximum Gasteiger partial charge on any atom is 0.220 e. The molecule has 2 heterocycles. The minimum absolute atomic E-state index is 0.202. The summed E-state index contributed by atoms with van der Waals surface area (Å²) in [4.78, 5) is 13.3. The van der Waals surface area contributed by atoms with Crippen LogP contribution in [0, 0.1) is 0 Å². The SMILES string of the molecule is CC/C=C\C/C=C\C/C=C\C/C=C\C/C=C\C/C=C\C/C=C\C/C=C\C/C=C\C/C=C\C/C=C\C/C=C\CCCCC(=O)NC(COC1OC(CO)C(OC2OC(CO)C(O)C(O)C2O)C(O)C1O)C(O)/C=C/CC/C=C/CC/C=C/CCCCCCCCCCCCC. The van der Waals surface area contributed by atoms with Gasteiger partial charge < -0.3 is 65.1 Å². The first-order valence-corrected chi connectivity index (χ1v) is 36.0. The van der Waals surface area contributed by atoms with E-state index in [1.54, 1.807) is 6.08 Å². The van der Waals surface area contributed by atoms with Crippen molar-refractivity contribution in [3.63, 3.8) is 0 Å². The number of ether oxygens (including phenoxy) is 4. The van der Waals surface area contributed by atoms with Crippen LogP contribution in [0.3, 0.4) is 0 Å². The minimum Gasteiger partial charge on any atom is -0.394 e. The van der Waals surface area contributed by atoms with E-state index in [9.17, 15) is 45.6 Å². The summed E-state index contributed by atoms with van der Waals surface area (Å²) < 4.78 is 22.8. The zero-order chi connectivity index (χ0) is 68.0. The molecule has 0 aromatic heterocycles. The smallest absolute Gasteiger partial charge is 0.220 e. The summed E-state index contributed by atoms with van der Waals surface area (Å²) in [7, 11) is 0. The van der Waals surface area contributed by atoms with Crippen LogP contribution in [0.1, 0.15) is 219 Å². The molecule has 2 saturated heterocycles. The average Bonchev–Trinajstić information content (AvgIpc) is 0.794. The van der Waals surface area contributed by atoms with Gasteiger partial charge in [-0.25, -0.2) is 0 Å². The fourth-order valence-corrected chi connectivity index (χ4v) is 10.4. The van der Waals surface area contributed by atoms with Gasteiger partial charge in [0, 0.05) is 6.42 Å². The normalized spacial score (nSPS) is 23.6. The Labute approximate surface area is 568 Å². The zero-order valence-electron chi connectivity index (χ0n) is 57.6. The van der Waals surface area contributed by atoms with Crippen molar-refractivity contribution in [2.45, 2.75) is 293 Å². The van der Waals surface area contributed by atoms with E-state index >= 15 is 0 Å². The van der Waals surface area contributed by atoms with E-state index in [0.717, 1.165) is 116 Å². The van der Waals surface area contributed by atoms with Crippen molar-refractivity contribution in [3.05, 3.63) is 182 Å². The molecule has 0 radical (unpaired) electrons. The van der Waals surface area contributed by atoms with Crippen LogP contribution >= 0.6 is 0 Å². The third-order valence-corrected chi connectivity index (χ3v) is 16.1. The first kappa shape index (κ1) is 85.2. The fourth-order valence-electron chi connectivity index (χ4n) is 10.4. The van der Waals surface area contributed by atoms with E-state index in [4.69, 9.17) is 18.9 Å². The predicted octanol–water partition coefficient (Wildman–Crippen LogP) is 15.3. The van der Waals surface area contributed by atoms with Crippen LogP contribution in [0.2, 0.25) is 0 Å². The second-order valence-corrected chi connectivity index (χ2v) is 24.3. The Morgan fingerprint density at radius 3 is 1.17 bits per heavy atom. The molecule has 14 heteroatoms. The van der Waals surface area contributed by atoms with Crippen molar-refractivity contribution in [3.8, 4) is 0 Å². The third-order valence-electron chi connectivity index (χ3n) is 16.1. The Hall–Kier alpha value is -4.91. The topological polar surface area (TPSA) is 228 Å². The highest BCUT2D eigenvalue weighted by Crippen LogP contribution is 2.30. The van der Waals surface area contributed by atoms with Gasteiger partial charge in [0.25, 0.3) is 0 Å². The highest BCUT2D eigenvalue weighted by Gasteiger charge is 2.51. The van der Waals surface area contributed by atoms with Crippen molar-refractivity contribution in [2.24, 2.45) is 0 Å². The first-order valence-electron chi connectivity index (χ1n) is 36.0. The van der Waals surface area contributed by atoms with Crippen molar-refractivity contribution in [1.29, 1.82) is 0 Å². The molecule has 9 N–H and O–H groups in total. The summed E-state index contributed by atoms with van der Waals surface area (Å²) in [5, 5.41) is 87.3. The highest BCUT2D eigenvalue weighted by molar-refractivity contribution is 5.76. The largest absolute Gasteiger partial charge is 0.394 e. The molecule has 1 amide bonds. The molecule has 0 saturated carbocycles. The molecule has 12 unspecified atom stereocenters. The van der Waals surface area contributed by atoms with E-state index in [1.807, 2.05) is 6.08 Å². The van der Waals surface area contributed by atoms with Crippen molar-refractivity contribution in [2.75, 3.05) is 19.8 Å².